The fourth-order valence-electron chi connectivity index (χ4n) is 2.37. The van der Waals surface area contributed by atoms with Crippen molar-refractivity contribution in [2.75, 3.05) is 20.2 Å². The maximum atomic E-state index is 11.5. The van der Waals surface area contributed by atoms with Gasteiger partial charge in [0, 0.05) is 13.1 Å². The summed E-state index contributed by atoms with van der Waals surface area (Å²) in [6.07, 6.45) is 1.92. The standard InChI is InChI=1S/C13H19NO4/c1-9-6-14(7-10(2)18-9)8-12-11(4-5-17-12)13(15)16-3/h4-5,9-10H,6-8H2,1-3H3. The van der Waals surface area contributed by atoms with Gasteiger partial charge in [-0.3, -0.25) is 4.90 Å². The van der Waals surface area contributed by atoms with Gasteiger partial charge in [-0.25, -0.2) is 4.79 Å². The number of hydrogen-bond acceptors (Lipinski definition) is 5. The zero-order valence-corrected chi connectivity index (χ0v) is 11.0. The molecule has 1 aromatic rings. The third-order valence-corrected chi connectivity index (χ3v) is 3.01. The van der Waals surface area contributed by atoms with Crippen molar-refractivity contribution in [1.29, 1.82) is 0 Å². The van der Waals surface area contributed by atoms with Crippen LogP contribution in [0, 0.1) is 0 Å². The Hall–Kier alpha value is -1.33. The molecule has 2 atom stereocenters. The van der Waals surface area contributed by atoms with E-state index in [1.165, 1.54) is 13.4 Å². The average molecular weight is 253 g/mol. The van der Waals surface area contributed by atoms with Gasteiger partial charge < -0.3 is 13.9 Å². The topological polar surface area (TPSA) is 51.9 Å². The zero-order valence-electron chi connectivity index (χ0n) is 11.0. The molecule has 0 aliphatic carbocycles. The van der Waals surface area contributed by atoms with E-state index in [1.807, 2.05) is 13.8 Å². The van der Waals surface area contributed by atoms with Crippen LogP contribution in [0.4, 0.5) is 0 Å². The van der Waals surface area contributed by atoms with E-state index in [-0.39, 0.29) is 18.2 Å². The number of rotatable bonds is 3. The molecule has 1 aliphatic rings. The van der Waals surface area contributed by atoms with Crippen LogP contribution in [-0.2, 0) is 16.0 Å². The second kappa shape index (κ2) is 5.54. The highest BCUT2D eigenvalue weighted by atomic mass is 16.5. The Bertz CT molecular complexity index is 405. The minimum absolute atomic E-state index is 0.199. The summed E-state index contributed by atoms with van der Waals surface area (Å²) < 4.78 is 15.8. The third kappa shape index (κ3) is 2.91. The average Bonchev–Trinajstić information content (AvgIpc) is 2.74. The third-order valence-electron chi connectivity index (χ3n) is 3.01. The Morgan fingerprint density at radius 1 is 1.44 bits per heavy atom. The molecule has 5 heteroatoms. The van der Waals surface area contributed by atoms with Crippen LogP contribution in [-0.4, -0.2) is 43.3 Å². The van der Waals surface area contributed by atoms with Crippen LogP contribution in [0.2, 0.25) is 0 Å². The highest BCUT2D eigenvalue weighted by molar-refractivity contribution is 5.90. The summed E-state index contributed by atoms with van der Waals surface area (Å²) >= 11 is 0. The predicted molar refractivity (Wildman–Crippen MR) is 65.3 cm³/mol. The lowest BCUT2D eigenvalue weighted by atomic mass is 10.2. The number of nitrogens with zero attached hydrogens (tertiary/aromatic N) is 1. The molecule has 100 valence electrons. The highest BCUT2D eigenvalue weighted by Crippen LogP contribution is 2.18. The Labute approximate surface area is 107 Å². The molecule has 2 unspecified atom stereocenters. The number of furan rings is 1. The summed E-state index contributed by atoms with van der Waals surface area (Å²) in [5.74, 6) is 0.302. The van der Waals surface area contributed by atoms with Gasteiger partial charge in [0.2, 0.25) is 0 Å². The van der Waals surface area contributed by atoms with Gasteiger partial charge in [0.1, 0.15) is 11.3 Å². The van der Waals surface area contributed by atoms with Gasteiger partial charge in [-0.1, -0.05) is 0 Å². The first kappa shape index (κ1) is 13.1. The van der Waals surface area contributed by atoms with E-state index >= 15 is 0 Å². The molecule has 0 aromatic carbocycles. The molecule has 1 fully saturated rings. The van der Waals surface area contributed by atoms with E-state index in [1.54, 1.807) is 6.07 Å². The minimum atomic E-state index is -0.354. The van der Waals surface area contributed by atoms with E-state index in [2.05, 4.69) is 4.90 Å². The van der Waals surface area contributed by atoms with Crippen molar-refractivity contribution in [2.24, 2.45) is 0 Å². The van der Waals surface area contributed by atoms with Crippen molar-refractivity contribution in [2.45, 2.75) is 32.6 Å². The number of morpholine rings is 1. The largest absolute Gasteiger partial charge is 0.467 e. The molecular formula is C13H19NO4. The van der Waals surface area contributed by atoms with E-state index in [0.29, 0.717) is 17.9 Å². The van der Waals surface area contributed by atoms with E-state index < -0.39 is 0 Å². The lowest BCUT2D eigenvalue weighted by Crippen LogP contribution is -2.44. The molecule has 0 amide bonds. The Morgan fingerprint density at radius 3 is 2.72 bits per heavy atom. The molecule has 0 saturated carbocycles. The van der Waals surface area contributed by atoms with Gasteiger partial charge in [-0.05, 0) is 19.9 Å². The van der Waals surface area contributed by atoms with Gasteiger partial charge >= 0.3 is 5.97 Å². The first-order valence-electron chi connectivity index (χ1n) is 6.12. The summed E-state index contributed by atoms with van der Waals surface area (Å²) in [6.45, 7) is 6.38. The summed E-state index contributed by atoms with van der Waals surface area (Å²) in [5.41, 5.74) is 0.504. The summed E-state index contributed by atoms with van der Waals surface area (Å²) in [5, 5.41) is 0. The van der Waals surface area contributed by atoms with Crippen molar-refractivity contribution in [3.05, 3.63) is 23.7 Å². The molecule has 0 spiro atoms. The molecule has 2 rings (SSSR count). The number of methoxy groups -OCH3 is 1. The second-order valence-corrected chi connectivity index (χ2v) is 4.70. The number of carbonyl (C=O) groups is 1. The number of esters is 1. The molecule has 0 N–H and O–H groups in total. The molecule has 5 nitrogen and oxygen atoms in total. The van der Waals surface area contributed by atoms with Crippen LogP contribution >= 0.6 is 0 Å². The fraction of sp³-hybridized carbons (Fsp3) is 0.615. The van der Waals surface area contributed by atoms with Crippen LogP contribution in [0.25, 0.3) is 0 Å². The monoisotopic (exact) mass is 253 g/mol. The maximum Gasteiger partial charge on any atom is 0.341 e. The normalized spacial score (nSPS) is 25.1. The smallest absolute Gasteiger partial charge is 0.341 e. The number of ether oxygens (including phenoxy) is 2. The van der Waals surface area contributed by atoms with Crippen molar-refractivity contribution < 1.29 is 18.7 Å². The Morgan fingerprint density at radius 2 is 2.11 bits per heavy atom. The zero-order chi connectivity index (χ0) is 13.1. The van der Waals surface area contributed by atoms with Crippen molar-refractivity contribution >= 4 is 5.97 Å². The van der Waals surface area contributed by atoms with E-state index in [9.17, 15) is 4.79 Å². The van der Waals surface area contributed by atoms with Gasteiger partial charge in [0.15, 0.2) is 0 Å². The van der Waals surface area contributed by atoms with Gasteiger partial charge in [-0.15, -0.1) is 0 Å². The maximum absolute atomic E-state index is 11.5. The van der Waals surface area contributed by atoms with Crippen molar-refractivity contribution in [1.82, 2.24) is 4.90 Å². The molecule has 1 saturated heterocycles. The van der Waals surface area contributed by atoms with Gasteiger partial charge in [-0.2, -0.15) is 0 Å². The Kier molecular flexibility index (Phi) is 4.04. The molecule has 2 heterocycles. The van der Waals surface area contributed by atoms with Gasteiger partial charge in [0.25, 0.3) is 0 Å². The molecular weight excluding hydrogens is 234 g/mol. The van der Waals surface area contributed by atoms with Crippen molar-refractivity contribution in [3.63, 3.8) is 0 Å². The minimum Gasteiger partial charge on any atom is -0.467 e. The van der Waals surface area contributed by atoms with Gasteiger partial charge in [0.05, 0.1) is 32.1 Å². The van der Waals surface area contributed by atoms with Crippen LogP contribution in [0.15, 0.2) is 16.7 Å². The molecule has 1 aliphatic heterocycles. The molecule has 0 bridgehead atoms. The van der Waals surface area contributed by atoms with Crippen LogP contribution < -0.4 is 0 Å². The highest BCUT2D eigenvalue weighted by Gasteiger charge is 2.25. The van der Waals surface area contributed by atoms with Crippen LogP contribution in [0.5, 0.6) is 0 Å². The summed E-state index contributed by atoms with van der Waals surface area (Å²) in [6, 6.07) is 1.65. The van der Waals surface area contributed by atoms with E-state index in [4.69, 9.17) is 13.9 Å². The van der Waals surface area contributed by atoms with Crippen LogP contribution in [0.1, 0.15) is 30.0 Å². The number of hydrogen-bond donors (Lipinski definition) is 0. The van der Waals surface area contributed by atoms with E-state index in [0.717, 1.165) is 13.1 Å². The number of carbonyl (C=O) groups excluding carboxylic acids is 1. The molecule has 1 aromatic heterocycles. The predicted octanol–water partition coefficient (Wildman–Crippen LogP) is 1.68. The second-order valence-electron chi connectivity index (χ2n) is 4.70. The Balaban J connectivity index is 2.05. The first-order chi connectivity index (χ1) is 8.60. The fourth-order valence-corrected chi connectivity index (χ4v) is 2.37. The molecule has 18 heavy (non-hydrogen) atoms. The lowest BCUT2D eigenvalue weighted by molar-refractivity contribution is -0.0718. The lowest BCUT2D eigenvalue weighted by Gasteiger charge is -2.34. The van der Waals surface area contributed by atoms with Crippen LogP contribution in [0.3, 0.4) is 0 Å². The SMILES string of the molecule is COC(=O)c1ccoc1CN1CC(C)OC(C)C1. The quantitative estimate of drug-likeness (QED) is 0.767. The first-order valence-corrected chi connectivity index (χ1v) is 6.12. The molecule has 0 radical (unpaired) electrons. The summed E-state index contributed by atoms with van der Waals surface area (Å²) in [7, 11) is 1.37. The summed E-state index contributed by atoms with van der Waals surface area (Å²) in [4.78, 5) is 13.8. The van der Waals surface area contributed by atoms with Crippen molar-refractivity contribution in [3.8, 4) is 0 Å².